The van der Waals surface area contributed by atoms with E-state index in [4.69, 9.17) is 11.6 Å². The van der Waals surface area contributed by atoms with Crippen molar-refractivity contribution in [2.24, 2.45) is 5.92 Å². The van der Waals surface area contributed by atoms with Gasteiger partial charge in [0, 0.05) is 17.5 Å². The molecule has 1 fully saturated rings. The van der Waals surface area contributed by atoms with Crippen LogP contribution in [0.15, 0.2) is 36.4 Å². The molecular weight excluding hydrogens is 336 g/mol. The number of carbonyl (C=O) groups excluding carboxylic acids is 1. The Morgan fingerprint density at radius 2 is 1.68 bits per heavy atom. The number of amides is 1. The summed E-state index contributed by atoms with van der Waals surface area (Å²) >= 11 is 5.88. The van der Waals surface area contributed by atoms with Crippen molar-refractivity contribution >= 4 is 29.1 Å². The van der Waals surface area contributed by atoms with Crippen molar-refractivity contribution in [3.05, 3.63) is 47.0 Å². The predicted molar refractivity (Wildman–Crippen MR) is 101 cm³/mol. The minimum absolute atomic E-state index is 0.0671. The van der Waals surface area contributed by atoms with E-state index in [1.54, 1.807) is 6.07 Å². The summed E-state index contributed by atoms with van der Waals surface area (Å²) in [5.41, 5.74) is 1.21. The summed E-state index contributed by atoms with van der Waals surface area (Å²) < 4.78 is 0. The van der Waals surface area contributed by atoms with Gasteiger partial charge in [-0.05, 0) is 49.1 Å². The van der Waals surface area contributed by atoms with Crippen LogP contribution in [-0.4, -0.2) is 22.6 Å². The second kappa shape index (κ2) is 8.81. The maximum Gasteiger partial charge on any atom is 0.228 e. The summed E-state index contributed by atoms with van der Waals surface area (Å²) in [4.78, 5) is 12.2. The van der Waals surface area contributed by atoms with Gasteiger partial charge in [-0.1, -0.05) is 43.0 Å². The number of aromatic nitrogens is 2. The Balaban J connectivity index is 1.45. The van der Waals surface area contributed by atoms with E-state index in [1.807, 2.05) is 30.3 Å². The molecule has 0 radical (unpaired) electrons. The van der Waals surface area contributed by atoms with Gasteiger partial charge in [0.2, 0.25) is 5.91 Å². The van der Waals surface area contributed by atoms with Crippen LogP contribution in [0.4, 0.5) is 11.6 Å². The van der Waals surface area contributed by atoms with E-state index < -0.39 is 0 Å². The number of carbonyl (C=O) groups is 1. The average Bonchev–Trinajstić information content (AvgIpc) is 2.65. The Bertz CT molecular complexity index is 682. The van der Waals surface area contributed by atoms with Crippen LogP contribution in [0.1, 0.15) is 37.7 Å². The maximum atomic E-state index is 12.2. The van der Waals surface area contributed by atoms with Crippen LogP contribution in [0.3, 0.4) is 0 Å². The van der Waals surface area contributed by atoms with Gasteiger partial charge in [0.05, 0.1) is 0 Å². The Hall–Kier alpha value is -2.14. The molecule has 5 nitrogen and oxygen atoms in total. The van der Waals surface area contributed by atoms with Gasteiger partial charge in [-0.3, -0.25) is 4.79 Å². The molecule has 1 aromatic carbocycles. The monoisotopic (exact) mass is 358 g/mol. The molecule has 1 aliphatic rings. The zero-order valence-corrected chi connectivity index (χ0v) is 14.9. The maximum absolute atomic E-state index is 12.2. The number of hydrogen-bond donors (Lipinski definition) is 2. The SMILES string of the molecule is O=C(Nc1ccc(NCCc2ccc(Cl)cc2)nn1)C1CCCCC1. The molecule has 2 aromatic rings. The number of hydrogen-bond acceptors (Lipinski definition) is 4. The quantitative estimate of drug-likeness (QED) is 0.807. The molecule has 0 spiro atoms. The molecule has 1 aliphatic carbocycles. The first-order chi connectivity index (χ1) is 12.2. The van der Waals surface area contributed by atoms with Crippen molar-refractivity contribution in [2.45, 2.75) is 38.5 Å². The number of rotatable bonds is 6. The standard InChI is InChI=1S/C19H23ClN4O/c20-16-8-6-14(7-9-16)12-13-21-17-10-11-18(24-23-17)22-19(25)15-4-2-1-3-5-15/h6-11,15H,1-5,12-13H2,(H,21,23)(H,22,24,25). The molecule has 25 heavy (non-hydrogen) atoms. The summed E-state index contributed by atoms with van der Waals surface area (Å²) in [6, 6.07) is 11.4. The summed E-state index contributed by atoms with van der Waals surface area (Å²) in [7, 11) is 0. The lowest BCUT2D eigenvalue weighted by Crippen LogP contribution is -2.25. The van der Waals surface area contributed by atoms with Crippen molar-refractivity contribution < 1.29 is 4.79 Å². The van der Waals surface area contributed by atoms with Crippen molar-refractivity contribution in [3.8, 4) is 0 Å². The first kappa shape index (κ1) is 17.7. The molecule has 0 unspecified atom stereocenters. The van der Waals surface area contributed by atoms with Crippen LogP contribution in [0, 0.1) is 5.92 Å². The van der Waals surface area contributed by atoms with E-state index in [2.05, 4.69) is 20.8 Å². The van der Waals surface area contributed by atoms with Crippen LogP contribution in [0.25, 0.3) is 0 Å². The third kappa shape index (κ3) is 5.43. The Morgan fingerprint density at radius 1 is 1.00 bits per heavy atom. The zero-order chi connectivity index (χ0) is 17.5. The second-order valence-corrected chi connectivity index (χ2v) is 6.87. The molecule has 6 heteroatoms. The molecule has 0 saturated heterocycles. The Labute approximate surface area is 153 Å². The van der Waals surface area contributed by atoms with Gasteiger partial charge in [-0.15, -0.1) is 10.2 Å². The highest BCUT2D eigenvalue weighted by molar-refractivity contribution is 6.30. The molecule has 0 aliphatic heterocycles. The molecule has 0 bridgehead atoms. The minimum atomic E-state index is 0.0671. The van der Waals surface area contributed by atoms with Gasteiger partial charge >= 0.3 is 0 Å². The Kier molecular flexibility index (Phi) is 6.23. The van der Waals surface area contributed by atoms with Crippen LogP contribution >= 0.6 is 11.6 Å². The van der Waals surface area contributed by atoms with E-state index in [0.29, 0.717) is 11.6 Å². The molecule has 1 saturated carbocycles. The summed E-state index contributed by atoms with van der Waals surface area (Å²) in [5, 5.41) is 15.1. The van der Waals surface area contributed by atoms with Crippen molar-refractivity contribution in [2.75, 3.05) is 17.2 Å². The van der Waals surface area contributed by atoms with Crippen molar-refractivity contribution in [1.29, 1.82) is 0 Å². The van der Waals surface area contributed by atoms with Crippen LogP contribution in [0.2, 0.25) is 5.02 Å². The molecule has 1 heterocycles. The van der Waals surface area contributed by atoms with Gasteiger partial charge in [0.25, 0.3) is 0 Å². The molecule has 3 rings (SSSR count). The molecule has 1 amide bonds. The first-order valence-electron chi connectivity index (χ1n) is 8.83. The van der Waals surface area contributed by atoms with Crippen LogP contribution in [-0.2, 0) is 11.2 Å². The second-order valence-electron chi connectivity index (χ2n) is 6.43. The minimum Gasteiger partial charge on any atom is -0.368 e. The fraction of sp³-hybridized carbons (Fsp3) is 0.421. The normalized spacial score (nSPS) is 14.9. The summed E-state index contributed by atoms with van der Waals surface area (Å²) in [6.07, 6.45) is 6.34. The van der Waals surface area contributed by atoms with Gasteiger partial charge in [-0.25, -0.2) is 0 Å². The molecule has 1 aromatic heterocycles. The van der Waals surface area contributed by atoms with Gasteiger partial charge in [0.1, 0.15) is 5.82 Å². The predicted octanol–water partition coefficient (Wildman–Crippen LogP) is 4.30. The lowest BCUT2D eigenvalue weighted by Gasteiger charge is -2.20. The summed E-state index contributed by atoms with van der Waals surface area (Å²) in [5.74, 6) is 1.40. The first-order valence-corrected chi connectivity index (χ1v) is 9.21. The highest BCUT2D eigenvalue weighted by Crippen LogP contribution is 2.24. The highest BCUT2D eigenvalue weighted by Gasteiger charge is 2.21. The summed E-state index contributed by atoms with van der Waals surface area (Å²) in [6.45, 7) is 0.754. The van der Waals surface area contributed by atoms with E-state index in [1.165, 1.54) is 12.0 Å². The van der Waals surface area contributed by atoms with Crippen molar-refractivity contribution in [1.82, 2.24) is 10.2 Å². The van der Waals surface area contributed by atoms with E-state index in [0.717, 1.165) is 43.7 Å². The van der Waals surface area contributed by atoms with Crippen LogP contribution < -0.4 is 10.6 Å². The number of anilines is 2. The number of nitrogens with one attached hydrogen (secondary N) is 2. The average molecular weight is 359 g/mol. The number of halogens is 1. The van der Waals surface area contributed by atoms with Gasteiger partial charge in [-0.2, -0.15) is 0 Å². The Morgan fingerprint density at radius 3 is 2.36 bits per heavy atom. The van der Waals surface area contributed by atoms with E-state index in [-0.39, 0.29) is 11.8 Å². The topological polar surface area (TPSA) is 66.9 Å². The highest BCUT2D eigenvalue weighted by atomic mass is 35.5. The fourth-order valence-electron chi connectivity index (χ4n) is 3.07. The molecule has 0 atom stereocenters. The van der Waals surface area contributed by atoms with E-state index >= 15 is 0 Å². The lowest BCUT2D eigenvalue weighted by molar-refractivity contribution is -0.120. The third-order valence-electron chi connectivity index (χ3n) is 4.52. The lowest BCUT2D eigenvalue weighted by atomic mass is 9.89. The fourth-order valence-corrected chi connectivity index (χ4v) is 3.20. The third-order valence-corrected chi connectivity index (χ3v) is 4.78. The van der Waals surface area contributed by atoms with Gasteiger partial charge < -0.3 is 10.6 Å². The largest absolute Gasteiger partial charge is 0.368 e. The molecule has 132 valence electrons. The van der Waals surface area contributed by atoms with Crippen molar-refractivity contribution in [3.63, 3.8) is 0 Å². The number of benzene rings is 1. The van der Waals surface area contributed by atoms with Crippen LogP contribution in [0.5, 0.6) is 0 Å². The smallest absolute Gasteiger partial charge is 0.228 e. The van der Waals surface area contributed by atoms with E-state index in [9.17, 15) is 4.79 Å². The zero-order valence-electron chi connectivity index (χ0n) is 14.2. The molecule has 2 N–H and O–H groups in total. The molecular formula is C19H23ClN4O. The van der Waals surface area contributed by atoms with Gasteiger partial charge in [0.15, 0.2) is 5.82 Å². The number of nitrogens with zero attached hydrogens (tertiary/aromatic N) is 2.